The van der Waals surface area contributed by atoms with Crippen molar-refractivity contribution in [1.29, 1.82) is 0 Å². The summed E-state index contributed by atoms with van der Waals surface area (Å²) in [6.45, 7) is 5.05. The summed E-state index contributed by atoms with van der Waals surface area (Å²) in [4.78, 5) is 6.88. The van der Waals surface area contributed by atoms with Crippen molar-refractivity contribution in [2.24, 2.45) is 0 Å². The van der Waals surface area contributed by atoms with Crippen LogP contribution in [0.3, 0.4) is 0 Å². The van der Waals surface area contributed by atoms with E-state index in [0.717, 1.165) is 57.6 Å². The first kappa shape index (κ1) is 16.8. The summed E-state index contributed by atoms with van der Waals surface area (Å²) in [5.41, 5.74) is 1.00. The van der Waals surface area contributed by atoms with Crippen LogP contribution < -0.4 is 4.90 Å². The number of aromatic nitrogens is 2. The predicted octanol–water partition coefficient (Wildman–Crippen LogP) is 2.52. The number of anilines is 1. The van der Waals surface area contributed by atoms with Crippen molar-refractivity contribution < 1.29 is 14.2 Å². The van der Waals surface area contributed by atoms with Gasteiger partial charge in [0.05, 0.1) is 31.6 Å². The molecule has 0 radical (unpaired) electrons. The van der Waals surface area contributed by atoms with E-state index in [1.54, 1.807) is 0 Å². The summed E-state index contributed by atoms with van der Waals surface area (Å²) in [6.07, 6.45) is 8.87. The molecule has 0 spiro atoms. The predicted molar refractivity (Wildman–Crippen MR) is 96.2 cm³/mol. The van der Waals surface area contributed by atoms with Crippen molar-refractivity contribution in [3.8, 4) is 0 Å². The second-order valence-corrected chi connectivity index (χ2v) is 6.78. The monoisotopic (exact) mass is 345 g/mol. The highest BCUT2D eigenvalue weighted by Crippen LogP contribution is 2.22. The minimum atomic E-state index is 0.341. The zero-order chi connectivity index (χ0) is 16.9. The number of fused-ring (bicyclic) bond motifs is 1. The third kappa shape index (κ3) is 4.14. The van der Waals surface area contributed by atoms with Crippen LogP contribution in [0.5, 0.6) is 0 Å². The molecule has 0 atom stereocenters. The maximum Gasteiger partial charge on any atom is 0.138 e. The SMILES string of the molecule is c1ccn2c(N3CCC(OCCOC4CCOCC4)CC3)cnc2c1. The Morgan fingerprint density at radius 1 is 1.00 bits per heavy atom. The molecule has 0 N–H and O–H groups in total. The molecule has 2 aromatic rings. The Morgan fingerprint density at radius 3 is 2.48 bits per heavy atom. The van der Waals surface area contributed by atoms with Crippen LogP contribution in [0.15, 0.2) is 30.6 Å². The van der Waals surface area contributed by atoms with E-state index in [1.807, 2.05) is 24.4 Å². The average molecular weight is 345 g/mol. The van der Waals surface area contributed by atoms with Crippen LogP contribution in [0, 0.1) is 0 Å². The van der Waals surface area contributed by atoms with Crippen LogP contribution in [-0.2, 0) is 14.2 Å². The van der Waals surface area contributed by atoms with Gasteiger partial charge in [0.15, 0.2) is 0 Å². The van der Waals surface area contributed by atoms with Crippen LogP contribution in [0.25, 0.3) is 5.65 Å². The van der Waals surface area contributed by atoms with Gasteiger partial charge in [0, 0.05) is 32.5 Å². The highest BCUT2D eigenvalue weighted by Gasteiger charge is 2.22. The molecule has 0 bridgehead atoms. The van der Waals surface area contributed by atoms with E-state index in [2.05, 4.69) is 20.5 Å². The van der Waals surface area contributed by atoms with Gasteiger partial charge in [0.2, 0.25) is 0 Å². The molecule has 0 saturated carbocycles. The standard InChI is InChI=1S/C19H27N3O3/c1-2-8-22-18(3-1)20-15-19(22)21-9-4-16(5-10-21)24-13-14-25-17-6-11-23-12-7-17/h1-3,8,15-17H,4-7,9-14H2. The average Bonchev–Trinajstić information content (AvgIpc) is 3.11. The minimum absolute atomic E-state index is 0.341. The first-order chi connectivity index (χ1) is 12.4. The summed E-state index contributed by atoms with van der Waals surface area (Å²) in [6, 6.07) is 6.11. The number of rotatable bonds is 6. The Balaban J connectivity index is 1.19. The lowest BCUT2D eigenvalue weighted by Crippen LogP contribution is -2.38. The van der Waals surface area contributed by atoms with Gasteiger partial charge in [-0.15, -0.1) is 0 Å². The van der Waals surface area contributed by atoms with Crippen LogP contribution in [0.2, 0.25) is 0 Å². The smallest absolute Gasteiger partial charge is 0.138 e. The van der Waals surface area contributed by atoms with Gasteiger partial charge in [-0.05, 0) is 37.8 Å². The molecule has 2 saturated heterocycles. The summed E-state index contributed by atoms with van der Waals surface area (Å²) in [7, 11) is 0. The van der Waals surface area contributed by atoms with Gasteiger partial charge in [-0.25, -0.2) is 4.98 Å². The molecule has 2 fully saturated rings. The first-order valence-electron chi connectivity index (χ1n) is 9.38. The van der Waals surface area contributed by atoms with Gasteiger partial charge in [0.25, 0.3) is 0 Å². The second-order valence-electron chi connectivity index (χ2n) is 6.78. The number of ether oxygens (including phenoxy) is 3. The maximum absolute atomic E-state index is 6.02. The molecule has 136 valence electrons. The normalized spacial score (nSPS) is 20.4. The second kappa shape index (κ2) is 8.17. The number of nitrogens with zero attached hydrogens (tertiary/aromatic N) is 3. The largest absolute Gasteiger partial charge is 0.381 e. The molecule has 0 amide bonds. The lowest BCUT2D eigenvalue weighted by Gasteiger charge is -2.33. The van der Waals surface area contributed by atoms with Crippen molar-refractivity contribution in [1.82, 2.24) is 9.38 Å². The topological polar surface area (TPSA) is 48.2 Å². The molecule has 4 heterocycles. The number of hydrogen-bond donors (Lipinski definition) is 0. The molecule has 0 unspecified atom stereocenters. The van der Waals surface area contributed by atoms with Crippen LogP contribution >= 0.6 is 0 Å². The highest BCUT2D eigenvalue weighted by atomic mass is 16.5. The van der Waals surface area contributed by atoms with Crippen LogP contribution in [0.1, 0.15) is 25.7 Å². The Hall–Kier alpha value is -1.63. The summed E-state index contributed by atoms with van der Waals surface area (Å²) >= 11 is 0. The number of imidazole rings is 1. The third-order valence-electron chi connectivity index (χ3n) is 5.12. The molecule has 0 aromatic carbocycles. The van der Waals surface area contributed by atoms with Crippen molar-refractivity contribution in [3.63, 3.8) is 0 Å². The van der Waals surface area contributed by atoms with E-state index < -0.39 is 0 Å². The highest BCUT2D eigenvalue weighted by molar-refractivity contribution is 5.51. The van der Waals surface area contributed by atoms with E-state index in [9.17, 15) is 0 Å². The van der Waals surface area contributed by atoms with Crippen molar-refractivity contribution in [2.45, 2.75) is 37.9 Å². The number of piperidine rings is 1. The van der Waals surface area contributed by atoms with E-state index >= 15 is 0 Å². The fraction of sp³-hybridized carbons (Fsp3) is 0.632. The van der Waals surface area contributed by atoms with Gasteiger partial charge in [0.1, 0.15) is 11.5 Å². The lowest BCUT2D eigenvalue weighted by atomic mass is 10.1. The van der Waals surface area contributed by atoms with Gasteiger partial charge in [-0.2, -0.15) is 0 Å². The Morgan fingerprint density at radius 2 is 1.72 bits per heavy atom. The molecular formula is C19H27N3O3. The Labute approximate surface area is 148 Å². The first-order valence-corrected chi connectivity index (χ1v) is 9.38. The molecule has 6 nitrogen and oxygen atoms in total. The molecule has 2 aliphatic rings. The van der Waals surface area contributed by atoms with E-state index in [0.29, 0.717) is 25.4 Å². The van der Waals surface area contributed by atoms with Crippen molar-refractivity contribution >= 4 is 11.5 Å². The third-order valence-corrected chi connectivity index (χ3v) is 5.12. The van der Waals surface area contributed by atoms with Gasteiger partial charge in [-0.3, -0.25) is 4.40 Å². The van der Waals surface area contributed by atoms with E-state index in [-0.39, 0.29) is 0 Å². The maximum atomic E-state index is 6.02. The quantitative estimate of drug-likeness (QED) is 0.753. The fourth-order valence-electron chi connectivity index (χ4n) is 3.68. The fourth-order valence-corrected chi connectivity index (χ4v) is 3.68. The van der Waals surface area contributed by atoms with Crippen LogP contribution in [-0.4, -0.2) is 61.1 Å². The van der Waals surface area contributed by atoms with E-state index in [1.165, 1.54) is 5.82 Å². The number of hydrogen-bond acceptors (Lipinski definition) is 5. The molecule has 0 aliphatic carbocycles. The Bertz CT molecular complexity index is 661. The Kier molecular flexibility index (Phi) is 5.49. The zero-order valence-corrected chi connectivity index (χ0v) is 14.7. The molecule has 6 heteroatoms. The zero-order valence-electron chi connectivity index (χ0n) is 14.7. The van der Waals surface area contributed by atoms with Gasteiger partial charge in [-0.1, -0.05) is 6.07 Å². The molecule has 2 aromatic heterocycles. The summed E-state index contributed by atoms with van der Waals surface area (Å²) < 4.78 is 19.4. The lowest BCUT2D eigenvalue weighted by molar-refractivity contribution is -0.0625. The molecule has 4 rings (SSSR count). The molecule has 2 aliphatic heterocycles. The van der Waals surface area contributed by atoms with Crippen molar-refractivity contribution in [3.05, 3.63) is 30.6 Å². The van der Waals surface area contributed by atoms with E-state index in [4.69, 9.17) is 14.2 Å². The van der Waals surface area contributed by atoms with Gasteiger partial charge >= 0.3 is 0 Å². The molecular weight excluding hydrogens is 318 g/mol. The number of pyridine rings is 1. The summed E-state index contributed by atoms with van der Waals surface area (Å²) in [5, 5.41) is 0. The van der Waals surface area contributed by atoms with Crippen LogP contribution in [0.4, 0.5) is 5.82 Å². The minimum Gasteiger partial charge on any atom is -0.381 e. The summed E-state index contributed by atoms with van der Waals surface area (Å²) in [5.74, 6) is 1.18. The van der Waals surface area contributed by atoms with Gasteiger partial charge < -0.3 is 19.1 Å². The van der Waals surface area contributed by atoms with Crippen molar-refractivity contribution in [2.75, 3.05) is 44.4 Å². The molecule has 25 heavy (non-hydrogen) atoms.